The Morgan fingerprint density at radius 1 is 1.21 bits per heavy atom. The van der Waals surface area contributed by atoms with E-state index in [0.717, 1.165) is 6.20 Å². The standard InChI is InChI=1S/C11H8F3N3OS/c12-11(13,14)18-9-4-3-7(16-5-9)1-2-8-6-19-10(15)17-8/h1-6H,(H2,15,17). The van der Waals surface area contributed by atoms with Gasteiger partial charge in [-0.25, -0.2) is 4.98 Å². The summed E-state index contributed by atoms with van der Waals surface area (Å²) in [6.07, 6.45) is -0.426. The molecule has 0 spiro atoms. The highest BCUT2D eigenvalue weighted by Gasteiger charge is 2.31. The third-order valence-corrected chi connectivity index (χ3v) is 2.65. The van der Waals surface area contributed by atoms with Crippen molar-refractivity contribution in [3.8, 4) is 5.75 Å². The number of ether oxygens (including phenoxy) is 1. The van der Waals surface area contributed by atoms with E-state index in [1.165, 1.54) is 23.5 Å². The number of nitrogen functional groups attached to an aromatic ring is 1. The van der Waals surface area contributed by atoms with Gasteiger partial charge in [0, 0.05) is 5.38 Å². The first-order valence-corrected chi connectivity index (χ1v) is 5.91. The van der Waals surface area contributed by atoms with Crippen molar-refractivity contribution in [1.82, 2.24) is 9.97 Å². The Balaban J connectivity index is 2.04. The Bertz CT molecular complexity index is 578. The maximum atomic E-state index is 11.9. The Morgan fingerprint density at radius 2 is 1.95 bits per heavy atom. The highest BCUT2D eigenvalue weighted by atomic mass is 32.1. The van der Waals surface area contributed by atoms with Crippen LogP contribution in [0.2, 0.25) is 0 Å². The summed E-state index contributed by atoms with van der Waals surface area (Å²) in [5.74, 6) is -0.359. The van der Waals surface area contributed by atoms with Gasteiger partial charge in [-0.05, 0) is 24.3 Å². The van der Waals surface area contributed by atoms with Crippen molar-refractivity contribution in [3.05, 3.63) is 35.1 Å². The number of pyridine rings is 1. The molecule has 0 bridgehead atoms. The molecule has 0 aromatic carbocycles. The van der Waals surface area contributed by atoms with Crippen molar-refractivity contribution in [2.24, 2.45) is 0 Å². The zero-order chi connectivity index (χ0) is 13.9. The number of anilines is 1. The second-order valence-electron chi connectivity index (χ2n) is 3.41. The van der Waals surface area contributed by atoms with E-state index in [1.54, 1.807) is 17.5 Å². The first-order valence-electron chi connectivity index (χ1n) is 5.03. The Labute approximate surface area is 110 Å². The van der Waals surface area contributed by atoms with Crippen molar-refractivity contribution in [2.75, 3.05) is 5.73 Å². The number of alkyl halides is 3. The zero-order valence-electron chi connectivity index (χ0n) is 9.39. The largest absolute Gasteiger partial charge is 0.573 e. The van der Waals surface area contributed by atoms with E-state index < -0.39 is 6.36 Å². The van der Waals surface area contributed by atoms with E-state index in [-0.39, 0.29) is 5.75 Å². The molecule has 0 saturated heterocycles. The molecule has 0 amide bonds. The fourth-order valence-electron chi connectivity index (χ4n) is 1.23. The molecular formula is C11H8F3N3OS. The predicted octanol–water partition coefficient (Wildman–Crippen LogP) is 3.19. The van der Waals surface area contributed by atoms with Crippen LogP contribution in [0.4, 0.5) is 18.3 Å². The van der Waals surface area contributed by atoms with Crippen LogP contribution in [0.15, 0.2) is 23.7 Å². The normalized spacial score (nSPS) is 11.9. The number of hydrogen-bond donors (Lipinski definition) is 1. The average molecular weight is 287 g/mol. The molecule has 0 radical (unpaired) electrons. The van der Waals surface area contributed by atoms with Crippen LogP contribution in [-0.2, 0) is 0 Å². The van der Waals surface area contributed by atoms with Gasteiger partial charge in [0.15, 0.2) is 5.13 Å². The fourth-order valence-corrected chi connectivity index (χ4v) is 1.76. The second kappa shape index (κ2) is 5.27. The van der Waals surface area contributed by atoms with Gasteiger partial charge in [0.05, 0.1) is 17.6 Å². The highest BCUT2D eigenvalue weighted by molar-refractivity contribution is 7.13. The van der Waals surface area contributed by atoms with Gasteiger partial charge in [-0.15, -0.1) is 24.5 Å². The second-order valence-corrected chi connectivity index (χ2v) is 4.30. The Hall–Kier alpha value is -2.09. The van der Waals surface area contributed by atoms with E-state index in [4.69, 9.17) is 5.73 Å². The van der Waals surface area contributed by atoms with Gasteiger partial charge in [-0.2, -0.15) is 0 Å². The number of halogens is 3. The predicted molar refractivity (Wildman–Crippen MR) is 66.4 cm³/mol. The van der Waals surface area contributed by atoms with Crippen LogP contribution in [0, 0.1) is 0 Å². The van der Waals surface area contributed by atoms with Crippen LogP contribution in [-0.4, -0.2) is 16.3 Å². The summed E-state index contributed by atoms with van der Waals surface area (Å²) in [5.41, 5.74) is 6.61. The monoisotopic (exact) mass is 287 g/mol. The van der Waals surface area contributed by atoms with Crippen molar-refractivity contribution in [3.63, 3.8) is 0 Å². The topological polar surface area (TPSA) is 61.0 Å². The maximum Gasteiger partial charge on any atom is 0.573 e. The molecule has 4 nitrogen and oxygen atoms in total. The molecule has 0 aliphatic heterocycles. The minimum atomic E-state index is -4.71. The molecule has 0 unspecified atom stereocenters. The average Bonchev–Trinajstić information content (AvgIpc) is 2.72. The maximum absolute atomic E-state index is 11.9. The number of nitrogens with zero attached hydrogens (tertiary/aromatic N) is 2. The van der Waals surface area contributed by atoms with Gasteiger partial charge >= 0.3 is 6.36 Å². The first-order chi connectivity index (χ1) is 8.92. The first kappa shape index (κ1) is 13.3. The number of rotatable bonds is 3. The van der Waals surface area contributed by atoms with Crippen LogP contribution in [0.3, 0.4) is 0 Å². The van der Waals surface area contributed by atoms with Gasteiger partial charge in [-0.3, -0.25) is 4.98 Å². The summed E-state index contributed by atoms with van der Waals surface area (Å²) in [4.78, 5) is 7.82. The lowest BCUT2D eigenvalue weighted by atomic mass is 10.3. The summed E-state index contributed by atoms with van der Waals surface area (Å²) < 4.78 is 39.5. The smallest absolute Gasteiger partial charge is 0.404 e. The molecule has 0 aliphatic carbocycles. The minimum Gasteiger partial charge on any atom is -0.404 e. The molecule has 19 heavy (non-hydrogen) atoms. The van der Waals surface area contributed by atoms with E-state index in [2.05, 4.69) is 14.7 Å². The third kappa shape index (κ3) is 4.25. The summed E-state index contributed by atoms with van der Waals surface area (Å²) in [5, 5.41) is 2.20. The molecule has 2 N–H and O–H groups in total. The molecule has 100 valence electrons. The Morgan fingerprint density at radius 3 is 2.47 bits per heavy atom. The van der Waals surface area contributed by atoms with Crippen molar-refractivity contribution >= 4 is 28.6 Å². The van der Waals surface area contributed by atoms with Crippen LogP contribution in [0.25, 0.3) is 12.2 Å². The molecule has 0 atom stereocenters. The SMILES string of the molecule is Nc1nc(C=Cc2ccc(OC(F)(F)F)cn2)cs1. The molecule has 2 aromatic rings. The lowest BCUT2D eigenvalue weighted by Crippen LogP contribution is -2.17. The van der Waals surface area contributed by atoms with Crippen LogP contribution >= 0.6 is 11.3 Å². The van der Waals surface area contributed by atoms with Crippen LogP contribution in [0.5, 0.6) is 5.75 Å². The summed E-state index contributed by atoms with van der Waals surface area (Å²) >= 11 is 1.30. The molecule has 8 heteroatoms. The number of hydrogen-bond acceptors (Lipinski definition) is 5. The van der Waals surface area contributed by atoms with Gasteiger partial charge in [0.2, 0.25) is 0 Å². The van der Waals surface area contributed by atoms with E-state index in [1.807, 2.05) is 0 Å². The number of nitrogens with two attached hydrogens (primary N) is 1. The molecular weight excluding hydrogens is 279 g/mol. The van der Waals surface area contributed by atoms with Crippen LogP contribution < -0.4 is 10.5 Å². The molecule has 0 fully saturated rings. The van der Waals surface area contributed by atoms with E-state index in [9.17, 15) is 13.2 Å². The van der Waals surface area contributed by atoms with Gasteiger partial charge in [0.1, 0.15) is 5.75 Å². The van der Waals surface area contributed by atoms with Crippen LogP contribution in [0.1, 0.15) is 11.4 Å². The van der Waals surface area contributed by atoms with E-state index >= 15 is 0 Å². The lowest BCUT2D eigenvalue weighted by Gasteiger charge is -2.07. The fraction of sp³-hybridized carbons (Fsp3) is 0.0909. The highest BCUT2D eigenvalue weighted by Crippen LogP contribution is 2.22. The minimum absolute atomic E-state index is 0.359. The van der Waals surface area contributed by atoms with Crippen molar-refractivity contribution < 1.29 is 17.9 Å². The molecule has 2 heterocycles. The van der Waals surface area contributed by atoms with Gasteiger partial charge < -0.3 is 10.5 Å². The van der Waals surface area contributed by atoms with Gasteiger partial charge in [-0.1, -0.05) is 0 Å². The Kier molecular flexibility index (Phi) is 3.70. The molecule has 0 saturated carbocycles. The summed E-state index contributed by atoms with van der Waals surface area (Å²) in [6, 6.07) is 2.60. The van der Waals surface area contributed by atoms with Crippen molar-refractivity contribution in [2.45, 2.75) is 6.36 Å². The molecule has 2 rings (SSSR count). The summed E-state index contributed by atoms with van der Waals surface area (Å²) in [7, 11) is 0. The molecule has 0 aliphatic rings. The van der Waals surface area contributed by atoms with Gasteiger partial charge in [0.25, 0.3) is 0 Å². The third-order valence-electron chi connectivity index (χ3n) is 1.96. The molecule has 2 aromatic heterocycles. The lowest BCUT2D eigenvalue weighted by molar-refractivity contribution is -0.274. The number of aromatic nitrogens is 2. The summed E-state index contributed by atoms with van der Waals surface area (Å²) in [6.45, 7) is 0. The van der Waals surface area contributed by atoms with Crippen molar-refractivity contribution in [1.29, 1.82) is 0 Å². The quantitative estimate of drug-likeness (QED) is 0.941. The zero-order valence-corrected chi connectivity index (χ0v) is 10.2. The van der Waals surface area contributed by atoms with E-state index in [0.29, 0.717) is 16.5 Å². The number of thiazole rings is 1.